The molecular formula is C21H29ClN2O4. The first-order valence-electron chi connectivity index (χ1n) is 8.83. The van der Waals surface area contributed by atoms with E-state index in [1.807, 2.05) is 57.2 Å². The number of rotatable bonds is 7. The van der Waals surface area contributed by atoms with E-state index >= 15 is 0 Å². The monoisotopic (exact) mass is 408 g/mol. The number of aryl methyl sites for hydroxylation is 1. The minimum absolute atomic E-state index is 0. The molecule has 7 heteroatoms. The first-order valence-corrected chi connectivity index (χ1v) is 8.83. The Morgan fingerprint density at radius 2 is 1.32 bits per heavy atom. The molecule has 2 aromatic rings. The number of carbonyl (C=O) groups excluding carboxylic acids is 1. The highest BCUT2D eigenvalue weighted by atomic mass is 35.5. The van der Waals surface area contributed by atoms with Crippen LogP contribution in [0.15, 0.2) is 36.4 Å². The highest BCUT2D eigenvalue weighted by Gasteiger charge is 2.18. The third-order valence-electron chi connectivity index (χ3n) is 4.45. The van der Waals surface area contributed by atoms with Crippen LogP contribution in [0.4, 0.5) is 4.79 Å². The number of ether oxygens (including phenoxy) is 3. The molecule has 2 unspecified atom stereocenters. The molecule has 6 nitrogen and oxygen atoms in total. The number of nitrogens with one attached hydrogen (secondary N) is 2. The van der Waals surface area contributed by atoms with Crippen molar-refractivity contribution >= 4 is 18.4 Å². The summed E-state index contributed by atoms with van der Waals surface area (Å²) in [4.78, 5) is 12.5. The summed E-state index contributed by atoms with van der Waals surface area (Å²) in [6.07, 6.45) is 0. The Morgan fingerprint density at radius 1 is 0.821 bits per heavy atom. The minimum atomic E-state index is -0.275. The molecule has 0 saturated carbocycles. The van der Waals surface area contributed by atoms with Crippen molar-refractivity contribution in [2.24, 2.45) is 0 Å². The van der Waals surface area contributed by atoms with Crippen molar-refractivity contribution in [3.8, 4) is 17.2 Å². The molecule has 2 rings (SSSR count). The van der Waals surface area contributed by atoms with E-state index in [-0.39, 0.29) is 30.5 Å². The van der Waals surface area contributed by atoms with Crippen molar-refractivity contribution in [2.75, 3.05) is 21.3 Å². The molecule has 0 aromatic heterocycles. The first kappa shape index (κ1) is 23.4. The van der Waals surface area contributed by atoms with Crippen molar-refractivity contribution in [3.05, 3.63) is 53.1 Å². The molecule has 2 aromatic carbocycles. The average molecular weight is 409 g/mol. The van der Waals surface area contributed by atoms with Gasteiger partial charge in [-0.25, -0.2) is 4.79 Å². The highest BCUT2D eigenvalue weighted by Crippen LogP contribution is 2.29. The number of amides is 2. The fraction of sp³-hybridized carbons (Fsp3) is 0.381. The van der Waals surface area contributed by atoms with Gasteiger partial charge in [0.15, 0.2) is 0 Å². The largest absolute Gasteiger partial charge is 0.497 e. The van der Waals surface area contributed by atoms with Crippen LogP contribution in [0.2, 0.25) is 0 Å². The van der Waals surface area contributed by atoms with Crippen molar-refractivity contribution < 1.29 is 19.0 Å². The minimum Gasteiger partial charge on any atom is -0.497 e. The zero-order valence-electron chi connectivity index (χ0n) is 17.2. The molecule has 0 radical (unpaired) electrons. The van der Waals surface area contributed by atoms with Crippen LogP contribution < -0.4 is 24.8 Å². The number of urea groups is 1. The SMILES string of the molecule is COc1ccc(OC)c(C(C)NC(=O)NC(C)c2cc(C)ccc2OC)c1.Cl. The lowest BCUT2D eigenvalue weighted by Gasteiger charge is -2.22. The molecule has 0 heterocycles. The van der Waals surface area contributed by atoms with E-state index in [1.165, 1.54) is 0 Å². The molecule has 154 valence electrons. The molecule has 2 atom stereocenters. The van der Waals surface area contributed by atoms with Crippen molar-refractivity contribution in [2.45, 2.75) is 32.9 Å². The molecular weight excluding hydrogens is 380 g/mol. The lowest BCUT2D eigenvalue weighted by atomic mass is 10.0. The van der Waals surface area contributed by atoms with Gasteiger partial charge >= 0.3 is 6.03 Å². The van der Waals surface area contributed by atoms with E-state index in [0.29, 0.717) is 11.5 Å². The molecule has 0 fully saturated rings. The van der Waals surface area contributed by atoms with Gasteiger partial charge in [0.2, 0.25) is 0 Å². The lowest BCUT2D eigenvalue weighted by Crippen LogP contribution is -2.38. The Bertz CT molecular complexity index is 798. The molecule has 0 bridgehead atoms. The maximum absolute atomic E-state index is 12.5. The van der Waals surface area contributed by atoms with E-state index in [1.54, 1.807) is 21.3 Å². The number of methoxy groups -OCH3 is 3. The molecule has 2 amide bonds. The Hall–Kier alpha value is -2.60. The number of benzene rings is 2. The molecule has 0 spiro atoms. The van der Waals surface area contributed by atoms with Crippen LogP contribution in [0.25, 0.3) is 0 Å². The second kappa shape index (κ2) is 10.7. The van der Waals surface area contributed by atoms with Gasteiger partial charge in [0, 0.05) is 11.1 Å². The Labute approximate surface area is 173 Å². The first-order chi connectivity index (χ1) is 12.9. The summed E-state index contributed by atoms with van der Waals surface area (Å²) in [5.41, 5.74) is 2.88. The van der Waals surface area contributed by atoms with Gasteiger partial charge in [-0.05, 0) is 45.0 Å². The molecule has 0 aliphatic heterocycles. The van der Waals surface area contributed by atoms with Crippen molar-refractivity contribution in [1.82, 2.24) is 10.6 Å². The number of halogens is 1. The summed E-state index contributed by atoms with van der Waals surface area (Å²) < 4.78 is 16.1. The standard InChI is InChI=1S/C21H28N2O4.ClH/c1-13-7-9-19(26-5)17(11-13)14(2)22-21(24)23-15(3)18-12-16(25-4)8-10-20(18)27-6;/h7-12,14-15H,1-6H3,(H2,22,23,24);1H. The summed E-state index contributed by atoms with van der Waals surface area (Å²) in [7, 11) is 4.83. The fourth-order valence-electron chi connectivity index (χ4n) is 2.96. The van der Waals surface area contributed by atoms with Gasteiger partial charge < -0.3 is 24.8 Å². The molecule has 28 heavy (non-hydrogen) atoms. The predicted molar refractivity (Wildman–Crippen MR) is 113 cm³/mol. The van der Waals surface area contributed by atoms with Gasteiger partial charge in [-0.15, -0.1) is 12.4 Å². The van der Waals surface area contributed by atoms with Crippen LogP contribution in [0.1, 0.15) is 42.6 Å². The summed E-state index contributed by atoms with van der Waals surface area (Å²) in [6, 6.07) is 10.7. The second-order valence-corrected chi connectivity index (χ2v) is 6.41. The zero-order chi connectivity index (χ0) is 20.0. The molecule has 2 N–H and O–H groups in total. The van der Waals surface area contributed by atoms with E-state index < -0.39 is 0 Å². The maximum atomic E-state index is 12.5. The Morgan fingerprint density at radius 3 is 1.82 bits per heavy atom. The van der Waals surface area contributed by atoms with Gasteiger partial charge in [0.05, 0.1) is 33.4 Å². The Kier molecular flexibility index (Phi) is 8.92. The van der Waals surface area contributed by atoms with Crippen LogP contribution in [-0.4, -0.2) is 27.4 Å². The second-order valence-electron chi connectivity index (χ2n) is 6.41. The smallest absolute Gasteiger partial charge is 0.315 e. The van der Waals surface area contributed by atoms with Crippen molar-refractivity contribution in [3.63, 3.8) is 0 Å². The van der Waals surface area contributed by atoms with Crippen LogP contribution >= 0.6 is 12.4 Å². The van der Waals surface area contributed by atoms with Gasteiger partial charge in [-0.1, -0.05) is 17.7 Å². The molecule has 0 aliphatic carbocycles. The van der Waals surface area contributed by atoms with Crippen LogP contribution in [-0.2, 0) is 0 Å². The summed E-state index contributed by atoms with van der Waals surface area (Å²) in [5.74, 6) is 2.14. The number of carbonyl (C=O) groups is 1. The van der Waals surface area contributed by atoms with Gasteiger partial charge in [-0.3, -0.25) is 0 Å². The van der Waals surface area contributed by atoms with E-state index in [0.717, 1.165) is 22.4 Å². The number of hydrogen-bond acceptors (Lipinski definition) is 4. The van der Waals surface area contributed by atoms with E-state index in [4.69, 9.17) is 14.2 Å². The summed E-state index contributed by atoms with van der Waals surface area (Å²) in [5, 5.41) is 5.91. The van der Waals surface area contributed by atoms with Crippen LogP contribution in [0, 0.1) is 6.92 Å². The van der Waals surface area contributed by atoms with Gasteiger partial charge in [0.1, 0.15) is 17.2 Å². The highest BCUT2D eigenvalue weighted by molar-refractivity contribution is 5.85. The Balaban J connectivity index is 0.00000392. The van der Waals surface area contributed by atoms with Gasteiger partial charge in [-0.2, -0.15) is 0 Å². The summed E-state index contributed by atoms with van der Waals surface area (Å²) in [6.45, 7) is 5.83. The fourth-order valence-corrected chi connectivity index (χ4v) is 2.96. The molecule has 0 aliphatic rings. The van der Waals surface area contributed by atoms with Crippen LogP contribution in [0.5, 0.6) is 17.2 Å². The maximum Gasteiger partial charge on any atom is 0.315 e. The lowest BCUT2D eigenvalue weighted by molar-refractivity contribution is 0.234. The average Bonchev–Trinajstić information content (AvgIpc) is 2.67. The summed E-state index contributed by atoms with van der Waals surface area (Å²) >= 11 is 0. The van der Waals surface area contributed by atoms with E-state index in [2.05, 4.69) is 10.6 Å². The number of hydrogen-bond donors (Lipinski definition) is 2. The normalized spacial score (nSPS) is 12.2. The van der Waals surface area contributed by atoms with E-state index in [9.17, 15) is 4.79 Å². The third kappa shape index (κ3) is 5.70. The van der Waals surface area contributed by atoms with Crippen LogP contribution in [0.3, 0.4) is 0 Å². The third-order valence-corrected chi connectivity index (χ3v) is 4.45. The molecule has 0 saturated heterocycles. The quantitative estimate of drug-likeness (QED) is 0.704. The van der Waals surface area contributed by atoms with Gasteiger partial charge in [0.25, 0.3) is 0 Å². The zero-order valence-corrected chi connectivity index (χ0v) is 18.0. The van der Waals surface area contributed by atoms with Crippen molar-refractivity contribution in [1.29, 1.82) is 0 Å². The predicted octanol–water partition coefficient (Wildman–Crippen LogP) is 4.56. The topological polar surface area (TPSA) is 68.8 Å².